The van der Waals surface area contributed by atoms with Crippen molar-refractivity contribution in [2.75, 3.05) is 0 Å². The van der Waals surface area contributed by atoms with E-state index in [4.69, 9.17) is 5.73 Å². The van der Waals surface area contributed by atoms with E-state index in [0.717, 1.165) is 11.1 Å². The fourth-order valence-electron chi connectivity index (χ4n) is 3.26. The highest BCUT2D eigenvalue weighted by molar-refractivity contribution is 5.92. The van der Waals surface area contributed by atoms with Crippen LogP contribution in [-0.4, -0.2) is 41.0 Å². The second-order valence-electron chi connectivity index (χ2n) is 8.08. The molecule has 0 aliphatic rings. The van der Waals surface area contributed by atoms with Crippen molar-refractivity contribution in [1.29, 1.82) is 0 Å². The average Bonchev–Trinajstić information content (AvgIpc) is 2.73. The van der Waals surface area contributed by atoms with Gasteiger partial charge in [-0.2, -0.15) is 0 Å². The van der Waals surface area contributed by atoms with Gasteiger partial charge in [-0.15, -0.1) is 0 Å². The number of hydrogen-bond donors (Lipinski definition) is 4. The highest BCUT2D eigenvalue weighted by Gasteiger charge is 2.28. The molecule has 7 heteroatoms. The largest absolute Gasteiger partial charge is 0.480 e. The highest BCUT2D eigenvalue weighted by atomic mass is 16.4. The topological polar surface area (TPSA) is 122 Å². The molecule has 3 atom stereocenters. The monoisotopic (exact) mass is 425 g/mol. The zero-order valence-electron chi connectivity index (χ0n) is 18.0. The van der Waals surface area contributed by atoms with E-state index in [1.807, 2.05) is 74.5 Å². The molecule has 0 spiro atoms. The lowest BCUT2D eigenvalue weighted by atomic mass is 10.0. The Kier molecular flexibility index (Phi) is 9.21. The van der Waals surface area contributed by atoms with Crippen LogP contribution < -0.4 is 16.4 Å². The molecule has 0 aliphatic heterocycles. The SMILES string of the molecule is CC(C)CC(NC(=O)[C@H](Cc1ccccc1)NC(=O)[C@@H](N)Cc1ccccc1)C(=O)O. The number of carboxylic acid groups (broad SMARTS) is 1. The number of hydrogen-bond acceptors (Lipinski definition) is 4. The minimum absolute atomic E-state index is 0.0860. The number of nitrogens with one attached hydrogen (secondary N) is 2. The first kappa shape index (κ1) is 24.1. The number of aliphatic carboxylic acids is 1. The first-order valence-electron chi connectivity index (χ1n) is 10.4. The van der Waals surface area contributed by atoms with E-state index >= 15 is 0 Å². The molecule has 7 nitrogen and oxygen atoms in total. The number of benzene rings is 2. The molecular formula is C24H31N3O4. The lowest BCUT2D eigenvalue weighted by Crippen LogP contribution is -2.55. The van der Waals surface area contributed by atoms with Gasteiger partial charge in [0.05, 0.1) is 6.04 Å². The molecule has 0 saturated carbocycles. The zero-order chi connectivity index (χ0) is 22.8. The van der Waals surface area contributed by atoms with Crippen LogP contribution in [0.3, 0.4) is 0 Å². The third kappa shape index (κ3) is 8.22. The molecule has 166 valence electrons. The van der Waals surface area contributed by atoms with Crippen LogP contribution in [0, 0.1) is 5.92 Å². The Hall–Kier alpha value is -3.19. The molecule has 2 aromatic carbocycles. The van der Waals surface area contributed by atoms with Crippen LogP contribution in [0.2, 0.25) is 0 Å². The van der Waals surface area contributed by atoms with Crippen LogP contribution in [-0.2, 0) is 27.2 Å². The normalized spacial score (nSPS) is 13.8. The molecule has 1 unspecified atom stereocenters. The van der Waals surface area contributed by atoms with Crippen molar-refractivity contribution >= 4 is 17.8 Å². The lowest BCUT2D eigenvalue weighted by Gasteiger charge is -2.24. The summed E-state index contributed by atoms with van der Waals surface area (Å²) in [5.74, 6) is -2.02. The first-order chi connectivity index (χ1) is 14.8. The molecule has 0 radical (unpaired) electrons. The zero-order valence-corrected chi connectivity index (χ0v) is 18.0. The molecule has 0 aliphatic carbocycles. The predicted octanol–water partition coefficient (Wildman–Crippen LogP) is 1.90. The Morgan fingerprint density at radius 1 is 0.806 bits per heavy atom. The lowest BCUT2D eigenvalue weighted by molar-refractivity contribution is -0.142. The first-order valence-corrected chi connectivity index (χ1v) is 10.4. The van der Waals surface area contributed by atoms with E-state index in [0.29, 0.717) is 12.8 Å². The van der Waals surface area contributed by atoms with Crippen molar-refractivity contribution < 1.29 is 19.5 Å². The molecule has 2 aromatic rings. The van der Waals surface area contributed by atoms with E-state index in [9.17, 15) is 19.5 Å². The molecule has 2 rings (SSSR count). The summed E-state index contributed by atoms with van der Waals surface area (Å²) in [5, 5.41) is 14.7. The Labute approximate surface area is 183 Å². The third-order valence-electron chi connectivity index (χ3n) is 4.87. The van der Waals surface area contributed by atoms with Gasteiger partial charge in [-0.05, 0) is 29.9 Å². The summed E-state index contributed by atoms with van der Waals surface area (Å²) in [6.45, 7) is 3.77. The fraction of sp³-hybridized carbons (Fsp3) is 0.375. The summed E-state index contributed by atoms with van der Waals surface area (Å²) in [5.41, 5.74) is 7.83. The second kappa shape index (κ2) is 11.9. The van der Waals surface area contributed by atoms with E-state index in [1.54, 1.807) is 0 Å². The molecule has 31 heavy (non-hydrogen) atoms. The molecule has 0 fully saturated rings. The Balaban J connectivity index is 2.12. The van der Waals surface area contributed by atoms with Gasteiger partial charge in [-0.1, -0.05) is 74.5 Å². The Morgan fingerprint density at radius 2 is 1.29 bits per heavy atom. The van der Waals surface area contributed by atoms with Gasteiger partial charge in [0.1, 0.15) is 12.1 Å². The van der Waals surface area contributed by atoms with E-state index in [-0.39, 0.29) is 12.3 Å². The summed E-state index contributed by atoms with van der Waals surface area (Å²) < 4.78 is 0. The maximum Gasteiger partial charge on any atom is 0.326 e. The number of nitrogens with two attached hydrogens (primary N) is 1. The van der Waals surface area contributed by atoms with Crippen LogP contribution in [0.25, 0.3) is 0 Å². The average molecular weight is 426 g/mol. The number of carbonyl (C=O) groups is 3. The molecule has 0 heterocycles. The summed E-state index contributed by atoms with van der Waals surface area (Å²) in [7, 11) is 0. The summed E-state index contributed by atoms with van der Waals surface area (Å²) in [6, 6.07) is 15.8. The predicted molar refractivity (Wildman–Crippen MR) is 119 cm³/mol. The fourth-order valence-corrected chi connectivity index (χ4v) is 3.26. The van der Waals surface area contributed by atoms with Crippen molar-refractivity contribution in [3.8, 4) is 0 Å². The smallest absolute Gasteiger partial charge is 0.326 e. The van der Waals surface area contributed by atoms with Crippen LogP contribution in [0.1, 0.15) is 31.4 Å². The van der Waals surface area contributed by atoms with Gasteiger partial charge in [-0.3, -0.25) is 9.59 Å². The van der Waals surface area contributed by atoms with Crippen LogP contribution in [0.15, 0.2) is 60.7 Å². The Morgan fingerprint density at radius 3 is 1.77 bits per heavy atom. The molecule has 0 aromatic heterocycles. The van der Waals surface area contributed by atoms with Crippen molar-refractivity contribution in [3.05, 3.63) is 71.8 Å². The molecule has 5 N–H and O–H groups in total. The van der Waals surface area contributed by atoms with Crippen molar-refractivity contribution in [2.45, 2.75) is 51.2 Å². The van der Waals surface area contributed by atoms with Gasteiger partial charge < -0.3 is 21.5 Å². The third-order valence-corrected chi connectivity index (χ3v) is 4.87. The summed E-state index contributed by atoms with van der Waals surface area (Å²) in [4.78, 5) is 37.2. The van der Waals surface area contributed by atoms with Crippen molar-refractivity contribution in [2.24, 2.45) is 11.7 Å². The second-order valence-corrected chi connectivity index (χ2v) is 8.08. The van der Waals surface area contributed by atoms with Gasteiger partial charge in [0, 0.05) is 6.42 Å². The van der Waals surface area contributed by atoms with Crippen molar-refractivity contribution in [3.63, 3.8) is 0 Å². The van der Waals surface area contributed by atoms with Gasteiger partial charge in [0.2, 0.25) is 11.8 Å². The van der Waals surface area contributed by atoms with E-state index in [1.165, 1.54) is 0 Å². The van der Waals surface area contributed by atoms with Crippen molar-refractivity contribution in [1.82, 2.24) is 10.6 Å². The van der Waals surface area contributed by atoms with Gasteiger partial charge >= 0.3 is 5.97 Å². The van der Waals surface area contributed by atoms with Crippen LogP contribution in [0.5, 0.6) is 0 Å². The summed E-state index contributed by atoms with van der Waals surface area (Å²) >= 11 is 0. The van der Waals surface area contributed by atoms with Gasteiger partial charge in [0.25, 0.3) is 0 Å². The number of carboxylic acids is 1. The van der Waals surface area contributed by atoms with E-state index in [2.05, 4.69) is 10.6 Å². The number of carbonyl (C=O) groups excluding carboxylic acids is 2. The summed E-state index contributed by atoms with van der Waals surface area (Å²) in [6.07, 6.45) is 0.850. The van der Waals surface area contributed by atoms with Crippen LogP contribution >= 0.6 is 0 Å². The Bertz CT molecular complexity index is 856. The molecule has 0 bridgehead atoms. The number of rotatable bonds is 11. The highest BCUT2D eigenvalue weighted by Crippen LogP contribution is 2.09. The van der Waals surface area contributed by atoms with Gasteiger partial charge in [0.15, 0.2) is 0 Å². The maximum absolute atomic E-state index is 12.9. The van der Waals surface area contributed by atoms with E-state index < -0.39 is 35.9 Å². The van der Waals surface area contributed by atoms with Crippen LogP contribution in [0.4, 0.5) is 0 Å². The standard InChI is InChI=1S/C24H31N3O4/c1-16(2)13-21(24(30)31)27-23(29)20(15-18-11-7-4-8-12-18)26-22(28)19(25)14-17-9-5-3-6-10-17/h3-12,16,19-21H,13-15,25H2,1-2H3,(H,26,28)(H,27,29)(H,30,31)/t19-,20-,21?/m0/s1. The minimum atomic E-state index is -1.10. The molecule has 2 amide bonds. The molecular weight excluding hydrogens is 394 g/mol. The van der Waals surface area contributed by atoms with Gasteiger partial charge in [-0.25, -0.2) is 4.79 Å². The maximum atomic E-state index is 12.9. The quantitative estimate of drug-likeness (QED) is 0.438. The molecule has 0 saturated heterocycles. The minimum Gasteiger partial charge on any atom is -0.480 e. The number of amides is 2.